The molecule has 0 saturated carbocycles. The van der Waals surface area contributed by atoms with Crippen LogP contribution in [0.2, 0.25) is 0 Å². The summed E-state index contributed by atoms with van der Waals surface area (Å²) in [5.41, 5.74) is 3.67. The fourth-order valence-electron chi connectivity index (χ4n) is 4.51. The Morgan fingerprint density at radius 3 is 2.72 bits per heavy atom. The van der Waals surface area contributed by atoms with Gasteiger partial charge in [0, 0.05) is 31.0 Å². The van der Waals surface area contributed by atoms with E-state index < -0.39 is 5.41 Å². The lowest BCUT2D eigenvalue weighted by molar-refractivity contribution is -0.130. The van der Waals surface area contributed by atoms with Crippen LogP contribution in [0.1, 0.15) is 17.5 Å². The van der Waals surface area contributed by atoms with Crippen molar-refractivity contribution in [2.75, 3.05) is 19.6 Å². The molecule has 1 N–H and O–H groups in total. The van der Waals surface area contributed by atoms with Crippen molar-refractivity contribution >= 4 is 5.91 Å². The van der Waals surface area contributed by atoms with Crippen LogP contribution in [-0.4, -0.2) is 35.4 Å². The van der Waals surface area contributed by atoms with Gasteiger partial charge in [0.1, 0.15) is 5.82 Å². The molecule has 1 unspecified atom stereocenters. The number of hydrogen-bond donors (Lipinski definition) is 1. The van der Waals surface area contributed by atoms with Crippen molar-refractivity contribution in [3.8, 4) is 23.5 Å². The minimum Gasteiger partial charge on any atom is -0.345 e. The highest BCUT2D eigenvalue weighted by Gasteiger charge is 2.44. The van der Waals surface area contributed by atoms with Crippen LogP contribution in [0.15, 0.2) is 73.1 Å². The van der Waals surface area contributed by atoms with Crippen molar-refractivity contribution in [3.05, 3.63) is 90.0 Å². The van der Waals surface area contributed by atoms with Crippen molar-refractivity contribution in [2.45, 2.75) is 19.4 Å². The van der Waals surface area contributed by atoms with Gasteiger partial charge in [0.25, 0.3) is 0 Å². The molecule has 5 heteroatoms. The van der Waals surface area contributed by atoms with E-state index in [0.717, 1.165) is 35.2 Å². The SMILES string of the molecule is C#CCNC(=O)C1(Cc2ccccc2-c2cccnc2)CCN(Cc2ccc(F)cc2)C1. The number of pyridine rings is 1. The van der Waals surface area contributed by atoms with Gasteiger partial charge in [0.15, 0.2) is 0 Å². The summed E-state index contributed by atoms with van der Waals surface area (Å²) in [7, 11) is 0. The van der Waals surface area contributed by atoms with Crippen LogP contribution in [0.25, 0.3) is 11.1 Å². The number of nitrogens with one attached hydrogen (secondary N) is 1. The number of carbonyl (C=O) groups is 1. The first-order valence-corrected chi connectivity index (χ1v) is 10.8. The Morgan fingerprint density at radius 1 is 1.16 bits per heavy atom. The molecule has 2 aromatic carbocycles. The summed E-state index contributed by atoms with van der Waals surface area (Å²) in [5.74, 6) is 2.25. The van der Waals surface area contributed by atoms with Gasteiger partial charge in [-0.05, 0) is 54.3 Å². The van der Waals surface area contributed by atoms with Gasteiger partial charge in [-0.3, -0.25) is 14.7 Å². The first-order chi connectivity index (χ1) is 15.6. The number of hydrogen-bond acceptors (Lipinski definition) is 3. The number of amides is 1. The van der Waals surface area contributed by atoms with Gasteiger partial charge in [-0.15, -0.1) is 6.42 Å². The minimum atomic E-state index is -0.588. The number of carbonyl (C=O) groups excluding carboxylic acids is 1. The fraction of sp³-hybridized carbons (Fsp3) is 0.259. The van der Waals surface area contributed by atoms with E-state index in [1.54, 1.807) is 18.3 Å². The minimum absolute atomic E-state index is 0.0157. The summed E-state index contributed by atoms with van der Waals surface area (Å²) < 4.78 is 13.3. The van der Waals surface area contributed by atoms with Crippen molar-refractivity contribution < 1.29 is 9.18 Å². The van der Waals surface area contributed by atoms with Crippen LogP contribution >= 0.6 is 0 Å². The Kier molecular flexibility index (Phi) is 6.63. The summed E-state index contributed by atoms with van der Waals surface area (Å²) in [6, 6.07) is 18.7. The molecular weight excluding hydrogens is 401 g/mol. The highest BCUT2D eigenvalue weighted by Crippen LogP contribution is 2.38. The number of terminal acetylenes is 1. The lowest BCUT2D eigenvalue weighted by atomic mass is 9.78. The normalized spacial score (nSPS) is 18.2. The molecule has 1 aromatic heterocycles. The van der Waals surface area contributed by atoms with E-state index in [9.17, 15) is 9.18 Å². The predicted molar refractivity (Wildman–Crippen MR) is 124 cm³/mol. The molecule has 4 rings (SSSR count). The monoisotopic (exact) mass is 427 g/mol. The van der Waals surface area contributed by atoms with Gasteiger partial charge >= 0.3 is 0 Å². The van der Waals surface area contributed by atoms with Crippen LogP contribution in [-0.2, 0) is 17.8 Å². The lowest BCUT2D eigenvalue weighted by Crippen LogP contribution is -2.44. The molecule has 162 valence electrons. The predicted octanol–water partition coefficient (Wildman–Crippen LogP) is 4.07. The molecule has 3 aromatic rings. The maximum Gasteiger partial charge on any atom is 0.228 e. The lowest BCUT2D eigenvalue weighted by Gasteiger charge is -2.29. The van der Waals surface area contributed by atoms with Crippen LogP contribution in [0, 0.1) is 23.6 Å². The molecule has 32 heavy (non-hydrogen) atoms. The second-order valence-corrected chi connectivity index (χ2v) is 8.33. The fourth-order valence-corrected chi connectivity index (χ4v) is 4.51. The number of benzene rings is 2. The maximum absolute atomic E-state index is 13.3. The molecule has 2 heterocycles. The van der Waals surface area contributed by atoms with Crippen molar-refractivity contribution in [3.63, 3.8) is 0 Å². The highest BCUT2D eigenvalue weighted by molar-refractivity contribution is 5.84. The molecule has 0 aliphatic carbocycles. The summed E-state index contributed by atoms with van der Waals surface area (Å²) in [5, 5.41) is 2.92. The summed E-state index contributed by atoms with van der Waals surface area (Å²) in [6.07, 6.45) is 10.3. The third-order valence-electron chi connectivity index (χ3n) is 6.10. The first-order valence-electron chi connectivity index (χ1n) is 10.8. The molecule has 4 nitrogen and oxygen atoms in total. The molecule has 1 amide bonds. The van der Waals surface area contributed by atoms with E-state index in [-0.39, 0.29) is 18.3 Å². The molecule has 0 spiro atoms. The van der Waals surface area contributed by atoms with Crippen LogP contribution in [0.5, 0.6) is 0 Å². The Bertz CT molecular complexity index is 1110. The molecule has 1 aliphatic heterocycles. The van der Waals surface area contributed by atoms with E-state index in [1.165, 1.54) is 12.1 Å². The van der Waals surface area contributed by atoms with E-state index in [1.807, 2.05) is 30.5 Å². The molecule has 1 saturated heterocycles. The number of rotatable bonds is 7. The number of nitrogens with zero attached hydrogens (tertiary/aromatic N) is 2. The molecule has 1 aliphatic rings. The van der Waals surface area contributed by atoms with Crippen molar-refractivity contribution in [1.82, 2.24) is 15.2 Å². The van der Waals surface area contributed by atoms with Gasteiger partial charge in [-0.1, -0.05) is 48.4 Å². The topological polar surface area (TPSA) is 45.2 Å². The third-order valence-corrected chi connectivity index (χ3v) is 6.10. The molecular formula is C27H26FN3O. The average molecular weight is 428 g/mol. The summed E-state index contributed by atoms with van der Waals surface area (Å²) >= 11 is 0. The summed E-state index contributed by atoms with van der Waals surface area (Å²) in [4.78, 5) is 19.8. The number of likely N-dealkylation sites (tertiary alicyclic amines) is 1. The number of halogens is 1. The Balaban J connectivity index is 1.60. The van der Waals surface area contributed by atoms with Gasteiger partial charge in [-0.2, -0.15) is 0 Å². The first kappa shape index (κ1) is 21.7. The van der Waals surface area contributed by atoms with Gasteiger partial charge < -0.3 is 5.32 Å². The highest BCUT2D eigenvalue weighted by atomic mass is 19.1. The van der Waals surface area contributed by atoms with E-state index in [4.69, 9.17) is 6.42 Å². The molecule has 1 atom stereocenters. The van der Waals surface area contributed by atoms with Crippen LogP contribution < -0.4 is 5.32 Å². The molecule has 1 fully saturated rings. The van der Waals surface area contributed by atoms with Crippen LogP contribution in [0.3, 0.4) is 0 Å². The van der Waals surface area contributed by atoms with Gasteiger partial charge in [-0.25, -0.2) is 4.39 Å². The quantitative estimate of drug-likeness (QED) is 0.578. The zero-order valence-electron chi connectivity index (χ0n) is 17.9. The second-order valence-electron chi connectivity index (χ2n) is 8.33. The second kappa shape index (κ2) is 9.76. The third kappa shape index (κ3) is 4.87. The van der Waals surface area contributed by atoms with Crippen LogP contribution in [0.4, 0.5) is 4.39 Å². The Morgan fingerprint density at radius 2 is 1.97 bits per heavy atom. The Labute approximate surface area is 188 Å². The maximum atomic E-state index is 13.3. The van der Waals surface area contributed by atoms with E-state index in [0.29, 0.717) is 19.5 Å². The Hall–Kier alpha value is -3.49. The van der Waals surface area contributed by atoms with Gasteiger partial charge in [0.05, 0.1) is 12.0 Å². The van der Waals surface area contributed by atoms with Gasteiger partial charge in [0.2, 0.25) is 5.91 Å². The molecule has 0 bridgehead atoms. The van der Waals surface area contributed by atoms with Crippen molar-refractivity contribution in [2.24, 2.45) is 5.41 Å². The van der Waals surface area contributed by atoms with E-state index in [2.05, 4.69) is 33.3 Å². The van der Waals surface area contributed by atoms with E-state index >= 15 is 0 Å². The smallest absolute Gasteiger partial charge is 0.228 e. The zero-order valence-corrected chi connectivity index (χ0v) is 17.9. The summed E-state index contributed by atoms with van der Waals surface area (Å²) in [6.45, 7) is 2.29. The largest absolute Gasteiger partial charge is 0.345 e. The number of aromatic nitrogens is 1. The van der Waals surface area contributed by atoms with Crippen molar-refractivity contribution in [1.29, 1.82) is 0 Å². The zero-order chi connectivity index (χ0) is 22.4. The average Bonchev–Trinajstić information content (AvgIpc) is 3.23. The standard InChI is InChI=1S/C27H26FN3O/c1-2-14-30-26(32)27(13-16-31(20-27)19-21-9-11-24(28)12-10-21)17-22-6-3-4-8-25(22)23-7-5-15-29-18-23/h1,3-12,15,18H,13-14,16-17,19-20H2,(H,30,32). The molecule has 0 radical (unpaired) electrons.